The quantitative estimate of drug-likeness (QED) is 0.835. The molecule has 0 N–H and O–H groups in total. The molecule has 0 bridgehead atoms. The largest absolute Gasteiger partial charge is 0.356 e. The van der Waals surface area contributed by atoms with Crippen molar-refractivity contribution in [3.63, 3.8) is 0 Å². The van der Waals surface area contributed by atoms with Gasteiger partial charge in [-0.25, -0.2) is 9.37 Å². The van der Waals surface area contributed by atoms with Crippen molar-refractivity contribution in [2.24, 2.45) is 11.8 Å². The zero-order valence-electron chi connectivity index (χ0n) is 16.0. The predicted molar refractivity (Wildman–Crippen MR) is 103 cm³/mol. The minimum absolute atomic E-state index is 0.0892. The topological polar surface area (TPSA) is 39.7 Å². The third-order valence-corrected chi connectivity index (χ3v) is 5.77. The Labute approximate surface area is 159 Å². The van der Waals surface area contributed by atoms with E-state index in [-0.39, 0.29) is 17.8 Å². The van der Waals surface area contributed by atoms with Gasteiger partial charge in [-0.3, -0.25) is 9.69 Å². The molecule has 5 nitrogen and oxygen atoms in total. The lowest BCUT2D eigenvalue weighted by Gasteiger charge is -2.27. The molecule has 6 heteroatoms. The maximum atomic E-state index is 13.7. The molecule has 1 aromatic carbocycles. The number of carbonyl (C=O) groups is 1. The van der Waals surface area contributed by atoms with Crippen molar-refractivity contribution < 1.29 is 9.18 Å². The summed E-state index contributed by atoms with van der Waals surface area (Å²) >= 11 is 0. The predicted octanol–water partition coefficient (Wildman–Crippen LogP) is 2.66. The summed E-state index contributed by atoms with van der Waals surface area (Å²) in [6.45, 7) is 2.76. The number of amides is 1. The number of hydrogen-bond acceptors (Lipinski definition) is 4. The van der Waals surface area contributed by atoms with Crippen LogP contribution >= 0.6 is 0 Å². The summed E-state index contributed by atoms with van der Waals surface area (Å²) in [5.41, 5.74) is 1.50. The van der Waals surface area contributed by atoms with Crippen LogP contribution in [0.4, 0.5) is 10.2 Å². The monoisotopic (exact) mass is 368 g/mol. The number of pyridine rings is 1. The molecule has 1 amide bonds. The normalized spacial score (nSPS) is 24.9. The number of benzene rings is 1. The summed E-state index contributed by atoms with van der Waals surface area (Å²) in [5.74, 6) is 1.51. The molecule has 2 aliphatic heterocycles. The maximum absolute atomic E-state index is 13.7. The molecular formula is C21H25FN4O. The van der Waals surface area contributed by atoms with E-state index in [1.54, 1.807) is 37.2 Å². The number of halogens is 1. The number of rotatable bonds is 3. The summed E-state index contributed by atoms with van der Waals surface area (Å²) in [7, 11) is 5.58. The smallest absolute Gasteiger partial charge is 0.272 e. The Morgan fingerprint density at radius 1 is 1.15 bits per heavy atom. The van der Waals surface area contributed by atoms with Gasteiger partial charge in [-0.05, 0) is 42.8 Å². The van der Waals surface area contributed by atoms with Gasteiger partial charge in [-0.1, -0.05) is 18.2 Å². The first kappa shape index (κ1) is 17.9. The standard InChI is InChI=1S/C21H25FN4O/c1-24(2)21(27)18-8-5-9-19(23-18)26-12-15-11-25(3)20(17(15)13-26)14-6-4-7-16(22)10-14/h4-10,15,17,20H,11-13H2,1-3H3/t15-,17+,20-/m0/s1. The molecule has 2 fully saturated rings. The number of aromatic nitrogens is 1. The van der Waals surface area contributed by atoms with E-state index < -0.39 is 0 Å². The second kappa shape index (κ2) is 6.93. The van der Waals surface area contributed by atoms with Crippen LogP contribution in [0, 0.1) is 17.7 Å². The van der Waals surface area contributed by atoms with Gasteiger partial charge in [0, 0.05) is 45.7 Å². The fourth-order valence-corrected chi connectivity index (χ4v) is 4.58. The van der Waals surface area contributed by atoms with Gasteiger partial charge < -0.3 is 9.80 Å². The molecule has 3 heterocycles. The molecule has 3 atom stereocenters. The van der Waals surface area contributed by atoms with Gasteiger partial charge in [0.05, 0.1) is 0 Å². The van der Waals surface area contributed by atoms with Crippen molar-refractivity contribution in [2.45, 2.75) is 6.04 Å². The van der Waals surface area contributed by atoms with Crippen LogP contribution in [0.25, 0.3) is 0 Å². The summed E-state index contributed by atoms with van der Waals surface area (Å²) in [6, 6.07) is 12.8. The van der Waals surface area contributed by atoms with Gasteiger partial charge in [0.15, 0.2) is 0 Å². The van der Waals surface area contributed by atoms with Crippen molar-refractivity contribution >= 4 is 11.7 Å². The van der Waals surface area contributed by atoms with Crippen LogP contribution in [-0.4, -0.2) is 61.5 Å². The Bertz CT molecular complexity index is 856. The van der Waals surface area contributed by atoms with Crippen LogP contribution in [0.15, 0.2) is 42.5 Å². The molecule has 0 aliphatic carbocycles. The molecule has 27 heavy (non-hydrogen) atoms. The van der Waals surface area contributed by atoms with E-state index in [1.807, 2.05) is 18.2 Å². The summed E-state index contributed by atoms with van der Waals surface area (Å²) in [6.07, 6.45) is 0. The Hall–Kier alpha value is -2.47. The first-order valence-electron chi connectivity index (χ1n) is 9.33. The molecule has 2 saturated heterocycles. The SMILES string of the molecule is CN(C)C(=O)c1cccc(N2C[C@@H]3CN(C)[C@@H](c4cccc(F)c4)[C@@H]3C2)n1. The average molecular weight is 368 g/mol. The van der Waals surface area contributed by atoms with E-state index in [4.69, 9.17) is 0 Å². The summed E-state index contributed by atoms with van der Waals surface area (Å²) < 4.78 is 13.7. The number of likely N-dealkylation sites (tertiary alicyclic amines) is 1. The molecular weight excluding hydrogens is 343 g/mol. The van der Waals surface area contributed by atoms with Crippen molar-refractivity contribution in [3.8, 4) is 0 Å². The van der Waals surface area contributed by atoms with Gasteiger partial charge in [0.2, 0.25) is 0 Å². The lowest BCUT2D eigenvalue weighted by Crippen LogP contribution is -2.30. The number of nitrogens with zero attached hydrogens (tertiary/aromatic N) is 4. The Morgan fingerprint density at radius 3 is 2.67 bits per heavy atom. The summed E-state index contributed by atoms with van der Waals surface area (Å²) in [5, 5.41) is 0. The second-order valence-corrected chi connectivity index (χ2v) is 7.85. The third kappa shape index (κ3) is 3.30. The fraction of sp³-hybridized carbons (Fsp3) is 0.429. The molecule has 0 unspecified atom stereocenters. The number of fused-ring (bicyclic) bond motifs is 1. The van der Waals surface area contributed by atoms with E-state index in [2.05, 4.69) is 21.8 Å². The Balaban J connectivity index is 1.57. The summed E-state index contributed by atoms with van der Waals surface area (Å²) in [4.78, 5) is 23.0. The highest BCUT2D eigenvalue weighted by atomic mass is 19.1. The molecule has 2 aliphatic rings. The van der Waals surface area contributed by atoms with E-state index in [9.17, 15) is 9.18 Å². The first-order chi connectivity index (χ1) is 12.9. The zero-order valence-corrected chi connectivity index (χ0v) is 16.0. The number of anilines is 1. The fourth-order valence-electron chi connectivity index (χ4n) is 4.58. The third-order valence-electron chi connectivity index (χ3n) is 5.77. The Morgan fingerprint density at radius 2 is 1.93 bits per heavy atom. The number of carbonyl (C=O) groups excluding carboxylic acids is 1. The van der Waals surface area contributed by atoms with Crippen molar-refractivity contribution in [1.82, 2.24) is 14.8 Å². The van der Waals surface area contributed by atoms with Gasteiger partial charge in [0.25, 0.3) is 5.91 Å². The molecule has 0 spiro atoms. The molecule has 142 valence electrons. The van der Waals surface area contributed by atoms with Crippen LogP contribution in [-0.2, 0) is 0 Å². The molecule has 0 radical (unpaired) electrons. The highest BCUT2D eigenvalue weighted by Gasteiger charge is 2.46. The minimum Gasteiger partial charge on any atom is -0.356 e. The molecule has 1 aromatic heterocycles. The van der Waals surface area contributed by atoms with E-state index in [1.165, 1.54) is 6.07 Å². The van der Waals surface area contributed by atoms with Crippen molar-refractivity contribution in [3.05, 3.63) is 59.5 Å². The lowest BCUT2D eigenvalue weighted by molar-refractivity contribution is 0.0822. The van der Waals surface area contributed by atoms with E-state index in [0.717, 1.165) is 31.0 Å². The highest BCUT2D eigenvalue weighted by Crippen LogP contribution is 2.44. The molecule has 4 rings (SSSR count). The van der Waals surface area contributed by atoms with Gasteiger partial charge >= 0.3 is 0 Å². The van der Waals surface area contributed by atoms with E-state index in [0.29, 0.717) is 17.5 Å². The van der Waals surface area contributed by atoms with Crippen LogP contribution in [0.2, 0.25) is 0 Å². The van der Waals surface area contributed by atoms with Gasteiger partial charge in [-0.2, -0.15) is 0 Å². The van der Waals surface area contributed by atoms with Gasteiger partial charge in [-0.15, -0.1) is 0 Å². The van der Waals surface area contributed by atoms with Crippen molar-refractivity contribution in [1.29, 1.82) is 0 Å². The van der Waals surface area contributed by atoms with Crippen LogP contribution in [0.3, 0.4) is 0 Å². The number of hydrogen-bond donors (Lipinski definition) is 0. The lowest BCUT2D eigenvalue weighted by atomic mass is 9.89. The van der Waals surface area contributed by atoms with Gasteiger partial charge in [0.1, 0.15) is 17.3 Å². The molecule has 2 aromatic rings. The van der Waals surface area contributed by atoms with E-state index >= 15 is 0 Å². The minimum atomic E-state index is -0.184. The molecule has 0 saturated carbocycles. The highest BCUT2D eigenvalue weighted by molar-refractivity contribution is 5.92. The average Bonchev–Trinajstić information content (AvgIpc) is 3.17. The zero-order chi connectivity index (χ0) is 19.1. The second-order valence-electron chi connectivity index (χ2n) is 7.85. The maximum Gasteiger partial charge on any atom is 0.272 e. The van der Waals surface area contributed by atoms with Crippen LogP contribution < -0.4 is 4.90 Å². The van der Waals surface area contributed by atoms with Crippen molar-refractivity contribution in [2.75, 3.05) is 45.7 Å². The first-order valence-corrected chi connectivity index (χ1v) is 9.33. The van der Waals surface area contributed by atoms with Crippen LogP contribution in [0.5, 0.6) is 0 Å². The van der Waals surface area contributed by atoms with Crippen LogP contribution in [0.1, 0.15) is 22.1 Å². The Kier molecular flexibility index (Phi) is 4.60.